The standard InChI is InChI=1S/C31H25Cl2N3O2S/c1-18-10-12-25(14-19(18)2)36-30(38)26(29(37)35(31(36)39)24-8-6-5-7-9-24)16-22-15-20(3)34(21(22)4)28-13-11-23(32)17-27(28)33/h5-17H,1-4H3/b26-16-. The number of aromatic nitrogens is 1. The molecule has 1 aliphatic rings. The number of rotatable bonds is 4. The molecule has 0 bridgehead atoms. The van der Waals surface area contributed by atoms with E-state index in [0.717, 1.165) is 33.8 Å². The molecular weight excluding hydrogens is 549 g/mol. The molecule has 5 nitrogen and oxygen atoms in total. The van der Waals surface area contributed by atoms with Crippen molar-refractivity contribution < 1.29 is 9.59 Å². The molecule has 0 saturated carbocycles. The van der Waals surface area contributed by atoms with Crippen LogP contribution in [0.1, 0.15) is 28.1 Å². The van der Waals surface area contributed by atoms with Gasteiger partial charge in [-0.2, -0.15) is 0 Å². The molecule has 5 rings (SSSR count). The topological polar surface area (TPSA) is 45.6 Å². The SMILES string of the molecule is Cc1ccc(N2C(=O)/C(=C\c3cc(C)n(-c4ccc(Cl)cc4Cl)c3C)C(=O)N(c3ccccc3)C2=S)cc1C. The van der Waals surface area contributed by atoms with Crippen molar-refractivity contribution in [2.24, 2.45) is 0 Å². The molecule has 2 heterocycles. The lowest BCUT2D eigenvalue weighted by Gasteiger charge is -2.36. The van der Waals surface area contributed by atoms with Crippen LogP contribution in [0.25, 0.3) is 11.8 Å². The Bertz CT molecular complexity index is 1690. The molecule has 0 atom stereocenters. The molecule has 39 heavy (non-hydrogen) atoms. The van der Waals surface area contributed by atoms with E-state index in [0.29, 0.717) is 21.4 Å². The molecule has 4 aromatic rings. The summed E-state index contributed by atoms with van der Waals surface area (Å²) < 4.78 is 1.98. The number of hydrogen-bond donors (Lipinski definition) is 0. The molecule has 1 fully saturated rings. The summed E-state index contributed by atoms with van der Waals surface area (Å²) in [6, 6.07) is 22.0. The average Bonchev–Trinajstić information content (AvgIpc) is 3.17. The fraction of sp³-hybridized carbons (Fsp3) is 0.129. The monoisotopic (exact) mass is 573 g/mol. The Morgan fingerprint density at radius 3 is 2.05 bits per heavy atom. The third-order valence-corrected chi connectivity index (χ3v) is 7.84. The Morgan fingerprint density at radius 2 is 1.41 bits per heavy atom. The van der Waals surface area contributed by atoms with Crippen LogP contribution in [-0.2, 0) is 9.59 Å². The Morgan fingerprint density at radius 1 is 0.744 bits per heavy atom. The van der Waals surface area contributed by atoms with Crippen LogP contribution < -0.4 is 9.80 Å². The number of amides is 2. The highest BCUT2D eigenvalue weighted by atomic mass is 35.5. The van der Waals surface area contributed by atoms with Crippen molar-refractivity contribution >= 4 is 69.8 Å². The molecule has 2 amide bonds. The van der Waals surface area contributed by atoms with Crippen LogP contribution in [0, 0.1) is 27.7 Å². The van der Waals surface area contributed by atoms with E-state index in [1.54, 1.807) is 30.3 Å². The summed E-state index contributed by atoms with van der Waals surface area (Å²) in [5.41, 5.74) is 6.48. The summed E-state index contributed by atoms with van der Waals surface area (Å²) in [7, 11) is 0. The lowest BCUT2D eigenvalue weighted by molar-refractivity contribution is -0.120. The summed E-state index contributed by atoms with van der Waals surface area (Å²) in [6.07, 6.45) is 1.64. The minimum absolute atomic E-state index is 0.00753. The van der Waals surface area contributed by atoms with Crippen LogP contribution in [0.15, 0.2) is 78.4 Å². The smallest absolute Gasteiger partial charge is 0.270 e. The number of carbonyl (C=O) groups excluding carboxylic acids is 2. The van der Waals surface area contributed by atoms with Gasteiger partial charge in [-0.3, -0.25) is 19.4 Å². The Balaban J connectivity index is 1.67. The van der Waals surface area contributed by atoms with Crippen molar-refractivity contribution in [1.29, 1.82) is 0 Å². The van der Waals surface area contributed by atoms with Gasteiger partial charge in [0.05, 0.1) is 22.1 Å². The molecule has 1 saturated heterocycles. The van der Waals surface area contributed by atoms with Gasteiger partial charge in [0.25, 0.3) is 11.8 Å². The van der Waals surface area contributed by atoms with E-state index in [1.165, 1.54) is 9.80 Å². The first-order valence-corrected chi connectivity index (χ1v) is 13.5. The van der Waals surface area contributed by atoms with E-state index in [9.17, 15) is 9.59 Å². The summed E-state index contributed by atoms with van der Waals surface area (Å²) in [5, 5.41) is 1.14. The van der Waals surface area contributed by atoms with E-state index < -0.39 is 11.8 Å². The lowest BCUT2D eigenvalue weighted by Crippen LogP contribution is -2.57. The summed E-state index contributed by atoms with van der Waals surface area (Å²) in [5.74, 6) is -0.958. The molecule has 3 aromatic carbocycles. The maximum atomic E-state index is 14.0. The van der Waals surface area contributed by atoms with Crippen molar-refractivity contribution in [2.45, 2.75) is 27.7 Å². The fourth-order valence-corrected chi connectivity index (χ4v) is 5.62. The van der Waals surface area contributed by atoms with Gasteiger partial charge in [-0.1, -0.05) is 47.5 Å². The van der Waals surface area contributed by atoms with Gasteiger partial charge in [0, 0.05) is 16.4 Å². The second-order valence-corrected chi connectivity index (χ2v) is 10.7. The zero-order valence-electron chi connectivity index (χ0n) is 21.8. The second kappa shape index (κ2) is 10.5. The second-order valence-electron chi connectivity index (χ2n) is 9.48. The average molecular weight is 575 g/mol. The van der Waals surface area contributed by atoms with E-state index in [1.807, 2.05) is 80.8 Å². The van der Waals surface area contributed by atoms with Gasteiger partial charge in [-0.15, -0.1) is 0 Å². The summed E-state index contributed by atoms with van der Waals surface area (Å²) in [4.78, 5) is 30.7. The lowest BCUT2D eigenvalue weighted by atomic mass is 10.0. The molecule has 0 radical (unpaired) electrons. The largest absolute Gasteiger partial charge is 0.316 e. The molecule has 0 spiro atoms. The van der Waals surface area contributed by atoms with Gasteiger partial charge >= 0.3 is 0 Å². The highest BCUT2D eigenvalue weighted by molar-refractivity contribution is 7.81. The molecule has 0 N–H and O–H groups in total. The van der Waals surface area contributed by atoms with Crippen molar-refractivity contribution in [3.63, 3.8) is 0 Å². The highest BCUT2D eigenvalue weighted by Crippen LogP contribution is 2.33. The van der Waals surface area contributed by atoms with Crippen LogP contribution in [0.4, 0.5) is 11.4 Å². The fourth-order valence-electron chi connectivity index (χ4n) is 4.75. The maximum Gasteiger partial charge on any atom is 0.270 e. The predicted molar refractivity (Wildman–Crippen MR) is 163 cm³/mol. The number of thiocarbonyl (C=S) groups is 1. The Kier molecular flexibility index (Phi) is 7.21. The summed E-state index contributed by atoms with van der Waals surface area (Å²) in [6.45, 7) is 7.84. The Hall–Kier alpha value is -3.71. The van der Waals surface area contributed by atoms with E-state index in [-0.39, 0.29) is 10.7 Å². The number of benzene rings is 3. The van der Waals surface area contributed by atoms with E-state index >= 15 is 0 Å². The van der Waals surface area contributed by atoms with Crippen molar-refractivity contribution in [3.05, 3.63) is 116 Å². The maximum absolute atomic E-state index is 14.0. The van der Waals surface area contributed by atoms with E-state index in [2.05, 4.69) is 0 Å². The van der Waals surface area contributed by atoms with Gasteiger partial charge in [0.15, 0.2) is 5.11 Å². The molecule has 0 aliphatic carbocycles. The first-order valence-electron chi connectivity index (χ1n) is 12.3. The minimum atomic E-state index is -0.481. The van der Waals surface area contributed by atoms with Gasteiger partial charge in [0.2, 0.25) is 0 Å². The van der Waals surface area contributed by atoms with Crippen LogP contribution >= 0.6 is 35.4 Å². The summed E-state index contributed by atoms with van der Waals surface area (Å²) >= 11 is 18.4. The van der Waals surface area contributed by atoms with Crippen molar-refractivity contribution in [2.75, 3.05) is 9.80 Å². The van der Waals surface area contributed by atoms with Crippen LogP contribution in [0.2, 0.25) is 10.0 Å². The zero-order chi connectivity index (χ0) is 28.0. The molecule has 1 aromatic heterocycles. The van der Waals surface area contributed by atoms with Crippen molar-refractivity contribution in [3.8, 4) is 5.69 Å². The number of anilines is 2. The molecule has 1 aliphatic heterocycles. The number of hydrogen-bond acceptors (Lipinski definition) is 3. The van der Waals surface area contributed by atoms with Gasteiger partial charge in [0.1, 0.15) is 5.57 Å². The minimum Gasteiger partial charge on any atom is -0.316 e. The number of carbonyl (C=O) groups is 2. The quantitative estimate of drug-likeness (QED) is 0.142. The Labute approximate surface area is 242 Å². The molecule has 0 unspecified atom stereocenters. The zero-order valence-corrected chi connectivity index (χ0v) is 24.2. The van der Waals surface area contributed by atoms with Crippen molar-refractivity contribution in [1.82, 2.24) is 4.57 Å². The van der Waals surface area contributed by atoms with E-state index in [4.69, 9.17) is 35.4 Å². The number of nitrogens with zero attached hydrogens (tertiary/aromatic N) is 3. The highest BCUT2D eigenvalue weighted by Gasteiger charge is 2.41. The van der Waals surface area contributed by atoms with Gasteiger partial charge in [-0.25, -0.2) is 0 Å². The van der Waals surface area contributed by atoms with Crippen LogP contribution in [0.5, 0.6) is 0 Å². The normalized spacial score (nSPS) is 15.0. The number of halogens is 2. The third-order valence-electron chi connectivity index (χ3n) is 6.93. The molecule has 8 heteroatoms. The van der Waals surface area contributed by atoms with Crippen LogP contribution in [-0.4, -0.2) is 21.5 Å². The molecular formula is C31H25Cl2N3O2S. The van der Waals surface area contributed by atoms with Gasteiger partial charge < -0.3 is 4.57 Å². The number of para-hydroxylation sites is 1. The number of aryl methyl sites for hydroxylation is 3. The molecule has 196 valence electrons. The van der Waals surface area contributed by atoms with Gasteiger partial charge in [-0.05, 0) is 111 Å². The first-order chi connectivity index (χ1) is 18.6. The third kappa shape index (κ3) is 4.80. The first kappa shape index (κ1) is 26.9. The van der Waals surface area contributed by atoms with Crippen LogP contribution in [0.3, 0.4) is 0 Å². The predicted octanol–water partition coefficient (Wildman–Crippen LogP) is 7.77.